The van der Waals surface area contributed by atoms with E-state index in [0.29, 0.717) is 9.75 Å². The Labute approximate surface area is 157 Å². The van der Waals surface area contributed by atoms with Crippen molar-refractivity contribution in [3.05, 3.63) is 92.8 Å². The van der Waals surface area contributed by atoms with E-state index in [1.807, 2.05) is 22.9 Å². The van der Waals surface area contributed by atoms with Gasteiger partial charge in [0.05, 0.1) is 9.75 Å². The van der Waals surface area contributed by atoms with E-state index in [1.165, 1.54) is 46.9 Å². The molecule has 0 N–H and O–H groups in total. The molecule has 1 nitrogen and oxygen atoms in total. The highest BCUT2D eigenvalue weighted by Gasteiger charge is 2.21. The van der Waals surface area contributed by atoms with Crippen molar-refractivity contribution < 1.29 is 13.6 Å². The van der Waals surface area contributed by atoms with E-state index in [2.05, 4.69) is 0 Å². The molecule has 0 bridgehead atoms. The maximum absolute atomic E-state index is 13.2. The van der Waals surface area contributed by atoms with Crippen LogP contribution < -0.4 is 0 Å². The quantitative estimate of drug-likeness (QED) is 0.361. The molecule has 0 spiro atoms. The minimum absolute atomic E-state index is 0.0753. The van der Waals surface area contributed by atoms with Crippen molar-refractivity contribution in [1.29, 1.82) is 0 Å². The van der Waals surface area contributed by atoms with Crippen LogP contribution >= 0.6 is 22.7 Å². The zero-order valence-corrected chi connectivity index (χ0v) is 15.0. The molecule has 26 heavy (non-hydrogen) atoms. The van der Waals surface area contributed by atoms with Gasteiger partial charge in [-0.25, -0.2) is 8.78 Å². The van der Waals surface area contributed by atoms with E-state index >= 15 is 0 Å². The third-order valence-corrected chi connectivity index (χ3v) is 5.88. The maximum Gasteiger partial charge on any atom is 0.214 e. The monoisotopic (exact) mass is 382 g/mol. The number of ketones is 1. The van der Waals surface area contributed by atoms with E-state index < -0.39 is 0 Å². The molecule has 2 aromatic heterocycles. The number of carbonyl (C=O) groups excluding carboxylic acids is 1. The molecule has 0 saturated heterocycles. The van der Waals surface area contributed by atoms with Gasteiger partial charge in [-0.2, -0.15) is 0 Å². The van der Waals surface area contributed by atoms with Gasteiger partial charge in [0.2, 0.25) is 5.78 Å². The summed E-state index contributed by atoms with van der Waals surface area (Å²) in [7, 11) is 0. The predicted molar refractivity (Wildman–Crippen MR) is 103 cm³/mol. The molecule has 0 aliphatic heterocycles. The number of benzene rings is 2. The summed E-state index contributed by atoms with van der Waals surface area (Å²) < 4.78 is 26.4. The fraction of sp³-hybridized carbons (Fsp3) is 0. The zero-order chi connectivity index (χ0) is 18.1. The third-order valence-electron chi connectivity index (χ3n) is 4.05. The SMILES string of the molecule is O=C(c1sccc1-c1ccc(F)cc1)c1sccc1-c1ccc(F)cc1. The summed E-state index contributed by atoms with van der Waals surface area (Å²) >= 11 is 2.73. The van der Waals surface area contributed by atoms with Crippen molar-refractivity contribution in [3.8, 4) is 22.3 Å². The lowest BCUT2D eigenvalue weighted by atomic mass is 10.0. The van der Waals surface area contributed by atoms with Gasteiger partial charge in [0.1, 0.15) is 11.6 Å². The molecule has 0 atom stereocenters. The van der Waals surface area contributed by atoms with Crippen LogP contribution in [0.5, 0.6) is 0 Å². The summed E-state index contributed by atoms with van der Waals surface area (Å²) in [5, 5.41) is 3.72. The van der Waals surface area contributed by atoms with Crippen LogP contribution in [0, 0.1) is 11.6 Å². The number of thiophene rings is 2. The molecule has 2 aromatic carbocycles. The molecule has 0 aliphatic carbocycles. The van der Waals surface area contributed by atoms with Crippen LogP contribution in [-0.2, 0) is 0 Å². The molecule has 0 radical (unpaired) electrons. The van der Waals surface area contributed by atoms with Crippen LogP contribution in [0.1, 0.15) is 14.5 Å². The molecule has 5 heteroatoms. The van der Waals surface area contributed by atoms with Crippen molar-refractivity contribution in [1.82, 2.24) is 0 Å². The van der Waals surface area contributed by atoms with E-state index in [0.717, 1.165) is 22.3 Å². The first-order chi connectivity index (χ1) is 12.6. The first-order valence-corrected chi connectivity index (χ1v) is 9.61. The van der Waals surface area contributed by atoms with Crippen molar-refractivity contribution in [3.63, 3.8) is 0 Å². The van der Waals surface area contributed by atoms with Gasteiger partial charge in [-0.1, -0.05) is 24.3 Å². The van der Waals surface area contributed by atoms with E-state index in [-0.39, 0.29) is 17.4 Å². The molecule has 0 unspecified atom stereocenters. The molecule has 0 saturated carbocycles. The lowest BCUT2D eigenvalue weighted by Gasteiger charge is -2.06. The molecule has 0 amide bonds. The Kier molecular flexibility index (Phi) is 4.49. The smallest absolute Gasteiger partial charge is 0.214 e. The van der Waals surface area contributed by atoms with Crippen LogP contribution in [0.25, 0.3) is 22.3 Å². The Morgan fingerprint density at radius 2 is 1.00 bits per heavy atom. The Morgan fingerprint density at radius 1 is 0.615 bits per heavy atom. The number of rotatable bonds is 4. The Morgan fingerprint density at radius 3 is 1.38 bits per heavy atom. The number of halogens is 2. The Balaban J connectivity index is 1.75. The summed E-state index contributed by atoms with van der Waals surface area (Å²) in [4.78, 5) is 14.4. The second-order valence-electron chi connectivity index (χ2n) is 5.67. The summed E-state index contributed by atoms with van der Waals surface area (Å²) in [6.07, 6.45) is 0. The van der Waals surface area contributed by atoms with Gasteiger partial charge >= 0.3 is 0 Å². The van der Waals surface area contributed by atoms with Gasteiger partial charge in [-0.05, 0) is 58.3 Å². The lowest BCUT2D eigenvalue weighted by molar-refractivity contribution is 0.104. The Hall–Kier alpha value is -2.63. The van der Waals surface area contributed by atoms with Crippen LogP contribution in [0.15, 0.2) is 71.4 Å². The maximum atomic E-state index is 13.2. The number of hydrogen-bond acceptors (Lipinski definition) is 3. The van der Waals surface area contributed by atoms with Gasteiger partial charge in [0, 0.05) is 11.1 Å². The summed E-state index contributed by atoms with van der Waals surface area (Å²) in [5.41, 5.74) is 3.18. The molecule has 0 aliphatic rings. The molecule has 4 rings (SSSR count). The zero-order valence-electron chi connectivity index (χ0n) is 13.4. The highest BCUT2D eigenvalue weighted by molar-refractivity contribution is 7.16. The average molecular weight is 382 g/mol. The van der Waals surface area contributed by atoms with Gasteiger partial charge in [0.25, 0.3) is 0 Å². The number of carbonyl (C=O) groups is 1. The Bertz CT molecular complexity index is 974. The molecular formula is C21H12F2OS2. The first-order valence-electron chi connectivity index (χ1n) is 7.85. The summed E-state index contributed by atoms with van der Waals surface area (Å²) in [6.45, 7) is 0. The molecular weight excluding hydrogens is 370 g/mol. The minimum atomic E-state index is -0.311. The van der Waals surface area contributed by atoms with Crippen LogP contribution in [0.3, 0.4) is 0 Å². The third kappa shape index (κ3) is 3.11. The van der Waals surface area contributed by atoms with Crippen LogP contribution in [0.4, 0.5) is 8.78 Å². The normalized spacial score (nSPS) is 10.8. The molecule has 2 heterocycles. The van der Waals surface area contributed by atoms with Crippen molar-refractivity contribution >= 4 is 28.5 Å². The molecule has 4 aromatic rings. The minimum Gasteiger partial charge on any atom is -0.287 e. The predicted octanol–water partition coefficient (Wildman–Crippen LogP) is 6.65. The van der Waals surface area contributed by atoms with Gasteiger partial charge < -0.3 is 0 Å². The summed E-state index contributed by atoms with van der Waals surface area (Å²) in [6, 6.07) is 16.0. The fourth-order valence-corrected chi connectivity index (χ4v) is 4.58. The highest BCUT2D eigenvalue weighted by Crippen LogP contribution is 2.35. The van der Waals surface area contributed by atoms with E-state index in [1.54, 1.807) is 24.3 Å². The van der Waals surface area contributed by atoms with Crippen molar-refractivity contribution in [2.75, 3.05) is 0 Å². The fourth-order valence-electron chi connectivity index (χ4n) is 2.79. The van der Waals surface area contributed by atoms with Gasteiger partial charge in [-0.3, -0.25) is 4.79 Å². The topological polar surface area (TPSA) is 17.1 Å². The van der Waals surface area contributed by atoms with Gasteiger partial charge in [0.15, 0.2) is 0 Å². The standard InChI is InChI=1S/C21H12F2OS2/c22-15-5-1-13(2-6-15)17-9-11-25-20(17)19(24)21-18(10-12-26-21)14-3-7-16(23)8-4-14/h1-12H. The van der Waals surface area contributed by atoms with Crippen LogP contribution in [0.2, 0.25) is 0 Å². The van der Waals surface area contributed by atoms with E-state index in [4.69, 9.17) is 0 Å². The van der Waals surface area contributed by atoms with Crippen molar-refractivity contribution in [2.45, 2.75) is 0 Å². The highest BCUT2D eigenvalue weighted by atomic mass is 32.1. The van der Waals surface area contributed by atoms with E-state index in [9.17, 15) is 13.6 Å². The second kappa shape index (κ2) is 6.94. The lowest BCUT2D eigenvalue weighted by Crippen LogP contribution is -1.99. The van der Waals surface area contributed by atoms with Crippen LogP contribution in [-0.4, -0.2) is 5.78 Å². The average Bonchev–Trinajstić information content (AvgIpc) is 3.32. The molecule has 128 valence electrons. The summed E-state index contributed by atoms with van der Waals surface area (Å²) in [5.74, 6) is -0.698. The van der Waals surface area contributed by atoms with Gasteiger partial charge in [-0.15, -0.1) is 22.7 Å². The molecule has 0 fully saturated rings. The second-order valence-corrected chi connectivity index (χ2v) is 7.50. The first kappa shape index (κ1) is 16.8. The largest absolute Gasteiger partial charge is 0.287 e. The number of hydrogen-bond donors (Lipinski definition) is 0. The van der Waals surface area contributed by atoms with Crippen molar-refractivity contribution in [2.24, 2.45) is 0 Å².